The number of piperidine rings is 1. The summed E-state index contributed by atoms with van der Waals surface area (Å²) >= 11 is 0. The fraction of sp³-hybridized carbons (Fsp3) is 0.522. The van der Waals surface area contributed by atoms with Crippen LogP contribution < -0.4 is 19.1 Å². The summed E-state index contributed by atoms with van der Waals surface area (Å²) in [6.07, 6.45) is -5.87. The molecule has 0 aliphatic carbocycles. The molecule has 5 nitrogen and oxygen atoms in total. The first kappa shape index (κ1) is 24.3. The molecule has 0 N–H and O–H groups in total. The van der Waals surface area contributed by atoms with E-state index in [9.17, 15) is 31.5 Å². The van der Waals surface area contributed by atoms with Crippen molar-refractivity contribution < 1.29 is 40.5 Å². The first-order chi connectivity index (χ1) is 16.0. The van der Waals surface area contributed by atoms with E-state index in [0.717, 1.165) is 31.0 Å². The first-order valence-corrected chi connectivity index (χ1v) is 11.1. The lowest BCUT2D eigenvalue weighted by Crippen LogP contribution is -2.51. The Kier molecular flexibility index (Phi) is 6.48. The number of alkyl halides is 6. The molecule has 11 heteroatoms. The summed E-state index contributed by atoms with van der Waals surface area (Å²) in [5, 5.41) is 12.4. The number of fused-ring (bicyclic) bond motifs is 2. The molecule has 4 rings (SSSR count). The zero-order chi connectivity index (χ0) is 24.7. The normalized spacial score (nSPS) is 22.7. The number of rotatable bonds is 6. The lowest BCUT2D eigenvalue weighted by atomic mass is 9.99. The zero-order valence-electron chi connectivity index (χ0n) is 18.3. The number of benzene rings is 1. The van der Waals surface area contributed by atoms with Gasteiger partial charge in [-0.3, -0.25) is 4.90 Å². The van der Waals surface area contributed by atoms with Crippen molar-refractivity contribution in [3.05, 3.63) is 52.9 Å². The minimum absolute atomic E-state index is 0.0200. The van der Waals surface area contributed by atoms with Crippen molar-refractivity contribution in [2.24, 2.45) is 0 Å². The Balaban J connectivity index is 1.51. The van der Waals surface area contributed by atoms with Crippen LogP contribution in [0, 0.1) is 5.21 Å². The van der Waals surface area contributed by atoms with E-state index in [4.69, 9.17) is 9.47 Å². The summed E-state index contributed by atoms with van der Waals surface area (Å²) in [6.45, 7) is 2.07. The summed E-state index contributed by atoms with van der Waals surface area (Å²) in [6, 6.07) is 4.95. The molecule has 0 amide bonds. The molecule has 34 heavy (non-hydrogen) atoms. The van der Waals surface area contributed by atoms with E-state index in [1.54, 1.807) is 0 Å². The van der Waals surface area contributed by atoms with E-state index in [-0.39, 0.29) is 46.8 Å². The lowest BCUT2D eigenvalue weighted by Gasteiger charge is -2.36. The molecular formula is C23H24F6N2O3. The predicted octanol–water partition coefficient (Wildman–Crippen LogP) is 5.73. The highest BCUT2D eigenvalue weighted by Gasteiger charge is 2.48. The minimum atomic E-state index is -4.61. The molecule has 1 aromatic carbocycles. The van der Waals surface area contributed by atoms with Gasteiger partial charge in [0, 0.05) is 18.9 Å². The molecule has 186 valence electrons. The van der Waals surface area contributed by atoms with Crippen molar-refractivity contribution in [1.29, 1.82) is 0 Å². The van der Waals surface area contributed by atoms with Gasteiger partial charge >= 0.3 is 12.4 Å². The monoisotopic (exact) mass is 490 g/mol. The number of hydrogen-bond donors (Lipinski definition) is 0. The highest BCUT2D eigenvalue weighted by atomic mass is 19.4. The number of aromatic nitrogens is 1. The summed E-state index contributed by atoms with van der Waals surface area (Å²) in [7, 11) is 0. The third-order valence-electron chi connectivity index (χ3n) is 6.20. The molecular weight excluding hydrogens is 466 g/mol. The van der Waals surface area contributed by atoms with Crippen molar-refractivity contribution in [3.8, 4) is 11.5 Å². The van der Waals surface area contributed by atoms with Gasteiger partial charge in [-0.15, -0.1) is 0 Å². The molecule has 3 heterocycles. The molecule has 2 saturated heterocycles. The topological polar surface area (TPSA) is 48.6 Å². The highest BCUT2D eigenvalue weighted by Crippen LogP contribution is 2.42. The van der Waals surface area contributed by atoms with Crippen LogP contribution in [-0.4, -0.2) is 24.8 Å². The molecule has 2 aliphatic rings. The summed E-state index contributed by atoms with van der Waals surface area (Å²) in [5.74, 6) is 0.389. The van der Waals surface area contributed by atoms with Crippen molar-refractivity contribution in [2.75, 3.05) is 11.5 Å². The van der Waals surface area contributed by atoms with Crippen LogP contribution in [0.3, 0.4) is 0 Å². The Bertz CT molecular complexity index is 1010. The second-order valence-corrected chi connectivity index (χ2v) is 8.61. The van der Waals surface area contributed by atoms with E-state index in [1.807, 2.05) is 11.8 Å². The Morgan fingerprint density at radius 3 is 2.12 bits per heavy atom. The van der Waals surface area contributed by atoms with Gasteiger partial charge in [-0.2, -0.15) is 26.3 Å². The van der Waals surface area contributed by atoms with Crippen molar-refractivity contribution in [3.63, 3.8) is 0 Å². The van der Waals surface area contributed by atoms with E-state index < -0.39 is 23.5 Å². The summed E-state index contributed by atoms with van der Waals surface area (Å²) in [4.78, 5) is 1.84. The quantitative estimate of drug-likeness (QED) is 0.295. The maximum atomic E-state index is 13.1. The van der Waals surface area contributed by atoms with Crippen LogP contribution >= 0.6 is 0 Å². The second kappa shape index (κ2) is 9.07. The van der Waals surface area contributed by atoms with Gasteiger partial charge in [0.15, 0.2) is 11.5 Å². The van der Waals surface area contributed by atoms with Gasteiger partial charge in [0.2, 0.25) is 0 Å². The molecule has 2 fully saturated rings. The van der Waals surface area contributed by atoms with Crippen molar-refractivity contribution in [2.45, 2.75) is 69.6 Å². The lowest BCUT2D eigenvalue weighted by molar-refractivity contribution is -0.594. The molecule has 0 saturated carbocycles. The molecule has 0 radical (unpaired) electrons. The molecule has 0 spiro atoms. The molecule has 2 aliphatic heterocycles. The van der Waals surface area contributed by atoms with Gasteiger partial charge in [0.25, 0.3) is 5.82 Å². The third kappa shape index (κ3) is 4.97. The van der Waals surface area contributed by atoms with Crippen LogP contribution in [-0.2, 0) is 12.4 Å². The first-order valence-electron chi connectivity index (χ1n) is 11.1. The number of pyridine rings is 1. The number of hydrogen-bond acceptors (Lipinski definition) is 4. The van der Waals surface area contributed by atoms with E-state index in [2.05, 4.69) is 0 Å². The summed E-state index contributed by atoms with van der Waals surface area (Å²) < 4.78 is 89.9. The van der Waals surface area contributed by atoms with Crippen molar-refractivity contribution >= 4 is 5.82 Å². The van der Waals surface area contributed by atoms with Crippen LogP contribution in [0.2, 0.25) is 0 Å². The zero-order valence-corrected chi connectivity index (χ0v) is 18.3. The van der Waals surface area contributed by atoms with Gasteiger partial charge in [0.05, 0.1) is 17.7 Å². The Morgan fingerprint density at radius 2 is 1.56 bits per heavy atom. The van der Waals surface area contributed by atoms with Gasteiger partial charge in [-0.1, -0.05) is 6.92 Å². The SMILES string of the molecule is CCCOc1cc(C(F)(F)F)ccc1OC1C[C@H]2CC[C@@H](C1)N2c1ccc(C(F)(F)F)c[n+]1[O-]. The van der Waals surface area contributed by atoms with Crippen LogP contribution in [0.1, 0.15) is 50.2 Å². The van der Waals surface area contributed by atoms with Crippen molar-refractivity contribution in [1.82, 2.24) is 0 Å². The Labute approximate surface area is 192 Å². The summed E-state index contributed by atoms with van der Waals surface area (Å²) in [5.41, 5.74) is -1.85. The fourth-order valence-corrected chi connectivity index (χ4v) is 4.72. The molecule has 1 unspecified atom stereocenters. The van der Waals surface area contributed by atoms with Crippen LogP contribution in [0.15, 0.2) is 36.5 Å². The molecule has 2 bridgehead atoms. The average Bonchev–Trinajstić information content (AvgIpc) is 3.01. The minimum Gasteiger partial charge on any atom is -0.711 e. The van der Waals surface area contributed by atoms with Gasteiger partial charge < -0.3 is 14.7 Å². The average molecular weight is 490 g/mol. The predicted molar refractivity (Wildman–Crippen MR) is 111 cm³/mol. The van der Waals surface area contributed by atoms with Gasteiger partial charge in [0.1, 0.15) is 24.4 Å². The molecule has 1 aromatic heterocycles. The third-order valence-corrected chi connectivity index (χ3v) is 6.20. The van der Waals surface area contributed by atoms with E-state index >= 15 is 0 Å². The standard InChI is InChI=1S/C23H24F6N2O3/c1-2-9-33-20-10-14(22(24,25)26)3-7-19(20)34-18-11-16-5-6-17(12-18)31(16)21-8-4-15(13-30(21)32)23(27,28)29/h3-4,7-8,10,13,16-18H,2,5-6,9,11-12H2,1H3/t16-,17+,18?. The number of ether oxygens (including phenoxy) is 2. The number of nitrogens with zero attached hydrogens (tertiary/aromatic N) is 2. The Hall–Kier alpha value is -2.85. The second-order valence-electron chi connectivity index (χ2n) is 8.61. The van der Waals surface area contributed by atoms with Gasteiger partial charge in [-0.25, -0.2) is 4.73 Å². The largest absolute Gasteiger partial charge is 0.711 e. The van der Waals surface area contributed by atoms with E-state index in [0.29, 0.717) is 25.5 Å². The van der Waals surface area contributed by atoms with E-state index in [1.165, 1.54) is 12.1 Å². The number of anilines is 1. The van der Waals surface area contributed by atoms with Gasteiger partial charge in [-0.05, 0) is 43.5 Å². The fourth-order valence-electron chi connectivity index (χ4n) is 4.72. The smallest absolute Gasteiger partial charge is 0.419 e. The Morgan fingerprint density at radius 1 is 0.941 bits per heavy atom. The maximum Gasteiger partial charge on any atom is 0.419 e. The molecule has 3 atom stereocenters. The molecule has 2 aromatic rings. The number of halogens is 6. The van der Waals surface area contributed by atoms with Crippen LogP contribution in [0.4, 0.5) is 32.2 Å². The highest BCUT2D eigenvalue weighted by molar-refractivity contribution is 5.45. The van der Waals surface area contributed by atoms with Crippen LogP contribution in [0.25, 0.3) is 0 Å². The maximum absolute atomic E-state index is 13.1. The van der Waals surface area contributed by atoms with Crippen LogP contribution in [0.5, 0.6) is 11.5 Å².